The second kappa shape index (κ2) is 11.4. The van der Waals surface area contributed by atoms with E-state index in [1.54, 1.807) is 18.2 Å². The lowest BCUT2D eigenvalue weighted by Gasteiger charge is -2.31. The largest absolute Gasteiger partial charge is 0.352 e. The van der Waals surface area contributed by atoms with E-state index in [1.165, 1.54) is 22.7 Å². The minimum Gasteiger partial charge on any atom is -0.352 e. The van der Waals surface area contributed by atoms with Crippen LogP contribution in [0, 0.1) is 5.92 Å². The third-order valence-corrected chi connectivity index (χ3v) is 8.95. The number of carbonyl (C=O) groups is 1. The molecule has 2 aliphatic rings. The average molecular weight is 525 g/mol. The van der Waals surface area contributed by atoms with E-state index < -0.39 is 10.0 Å². The molecular weight excluding hydrogens is 493 g/mol. The summed E-state index contributed by atoms with van der Waals surface area (Å²) in [6.45, 7) is 4.27. The summed E-state index contributed by atoms with van der Waals surface area (Å²) in [5.74, 6) is -0.674. The van der Waals surface area contributed by atoms with Gasteiger partial charge in [0.1, 0.15) is 0 Å². The lowest BCUT2D eigenvalue weighted by atomic mass is 9.98. The van der Waals surface area contributed by atoms with Gasteiger partial charge in [-0.15, -0.1) is 0 Å². The highest BCUT2D eigenvalue weighted by Crippen LogP contribution is 2.26. The van der Waals surface area contributed by atoms with Crippen molar-refractivity contribution in [3.8, 4) is 0 Å². The van der Waals surface area contributed by atoms with Crippen molar-refractivity contribution >= 4 is 39.1 Å². The van der Waals surface area contributed by atoms with Gasteiger partial charge in [-0.05, 0) is 67.6 Å². The van der Waals surface area contributed by atoms with Crippen LogP contribution in [0.15, 0.2) is 42.5 Å². The number of sulfonamides is 1. The molecule has 1 atom stereocenters. The van der Waals surface area contributed by atoms with Gasteiger partial charge >= 0.3 is 0 Å². The van der Waals surface area contributed by atoms with Crippen LogP contribution in [0.5, 0.6) is 0 Å². The highest BCUT2D eigenvalue weighted by molar-refractivity contribution is 7.88. The molecule has 2 aromatic carbocycles. The van der Waals surface area contributed by atoms with Gasteiger partial charge < -0.3 is 5.32 Å². The van der Waals surface area contributed by atoms with Crippen LogP contribution in [0.1, 0.15) is 42.4 Å². The van der Waals surface area contributed by atoms with Crippen LogP contribution >= 0.6 is 23.2 Å². The maximum absolute atomic E-state index is 13.0. The van der Waals surface area contributed by atoms with Crippen LogP contribution in [0.2, 0.25) is 10.0 Å². The molecule has 0 aromatic heterocycles. The summed E-state index contributed by atoms with van der Waals surface area (Å²) in [6.07, 6.45) is 3.85. The molecule has 2 heterocycles. The maximum atomic E-state index is 13.0. The normalized spacial score (nSPS) is 19.9. The molecule has 0 bridgehead atoms. The molecule has 0 spiro atoms. The fourth-order valence-electron chi connectivity index (χ4n) is 4.71. The Kier molecular flexibility index (Phi) is 8.53. The fraction of sp³-hybridized carbons (Fsp3) is 0.480. The predicted octanol–water partition coefficient (Wildman–Crippen LogP) is 4.45. The molecule has 0 radical (unpaired) electrons. The van der Waals surface area contributed by atoms with E-state index in [0.29, 0.717) is 41.5 Å². The summed E-state index contributed by atoms with van der Waals surface area (Å²) in [5.41, 5.74) is 2.82. The van der Waals surface area contributed by atoms with Crippen LogP contribution in [-0.4, -0.2) is 49.7 Å². The summed E-state index contributed by atoms with van der Waals surface area (Å²) >= 11 is 12.1. The van der Waals surface area contributed by atoms with Gasteiger partial charge in [0.25, 0.3) is 0 Å². The van der Waals surface area contributed by atoms with Gasteiger partial charge in [0.15, 0.2) is 0 Å². The third-order valence-electron chi connectivity index (χ3n) is 6.56. The third kappa shape index (κ3) is 6.73. The Morgan fingerprint density at radius 3 is 2.53 bits per heavy atom. The van der Waals surface area contributed by atoms with Crippen LogP contribution in [-0.2, 0) is 33.7 Å². The Labute approximate surface area is 212 Å². The van der Waals surface area contributed by atoms with E-state index in [4.69, 9.17) is 23.2 Å². The molecule has 34 heavy (non-hydrogen) atoms. The SMILES string of the molecule is O=C(NCc1cccc(CN2CCCC2)c1)[C@@H]1CCCN(S(=O)(=O)Cc2ccc(Cl)cc2Cl)C1. The van der Waals surface area contributed by atoms with Crippen LogP contribution in [0.3, 0.4) is 0 Å². The maximum Gasteiger partial charge on any atom is 0.224 e. The van der Waals surface area contributed by atoms with Crippen molar-refractivity contribution in [3.63, 3.8) is 0 Å². The number of rotatable bonds is 8. The molecule has 1 N–H and O–H groups in total. The van der Waals surface area contributed by atoms with Crippen LogP contribution in [0.25, 0.3) is 0 Å². The Morgan fingerprint density at radius 1 is 1.00 bits per heavy atom. The Hall–Kier alpha value is -1.64. The first-order valence-electron chi connectivity index (χ1n) is 11.8. The zero-order valence-corrected chi connectivity index (χ0v) is 21.5. The number of benzene rings is 2. The number of nitrogens with zero attached hydrogens (tertiary/aromatic N) is 2. The zero-order valence-electron chi connectivity index (χ0n) is 19.2. The molecule has 9 heteroatoms. The highest BCUT2D eigenvalue weighted by atomic mass is 35.5. The van der Waals surface area contributed by atoms with Crippen molar-refractivity contribution in [2.75, 3.05) is 26.2 Å². The topological polar surface area (TPSA) is 69.7 Å². The molecule has 6 nitrogen and oxygen atoms in total. The van der Waals surface area contributed by atoms with Gasteiger partial charge in [0.2, 0.25) is 15.9 Å². The molecule has 2 fully saturated rings. The number of piperidine rings is 1. The molecule has 0 aliphatic carbocycles. The number of hydrogen-bond acceptors (Lipinski definition) is 4. The van der Waals surface area contributed by atoms with Crippen molar-refractivity contribution in [3.05, 3.63) is 69.2 Å². The Morgan fingerprint density at radius 2 is 1.76 bits per heavy atom. The number of likely N-dealkylation sites (tertiary alicyclic amines) is 1. The van der Waals surface area contributed by atoms with Crippen molar-refractivity contribution < 1.29 is 13.2 Å². The molecule has 0 unspecified atom stereocenters. The minimum atomic E-state index is -3.60. The molecule has 184 valence electrons. The second-order valence-electron chi connectivity index (χ2n) is 9.21. The number of halogens is 2. The lowest BCUT2D eigenvalue weighted by Crippen LogP contribution is -2.45. The van der Waals surface area contributed by atoms with E-state index in [1.807, 2.05) is 12.1 Å². The van der Waals surface area contributed by atoms with Gasteiger partial charge in [-0.2, -0.15) is 0 Å². The highest BCUT2D eigenvalue weighted by Gasteiger charge is 2.32. The summed E-state index contributed by atoms with van der Waals surface area (Å²) in [5, 5.41) is 3.81. The number of hydrogen-bond donors (Lipinski definition) is 1. The first-order valence-corrected chi connectivity index (χ1v) is 14.2. The van der Waals surface area contributed by atoms with Gasteiger partial charge in [-0.25, -0.2) is 12.7 Å². The molecule has 2 aromatic rings. The van der Waals surface area contributed by atoms with Crippen molar-refractivity contribution in [1.29, 1.82) is 0 Å². The predicted molar refractivity (Wildman–Crippen MR) is 136 cm³/mol. The quantitative estimate of drug-likeness (QED) is 0.554. The van der Waals surface area contributed by atoms with Gasteiger partial charge in [0, 0.05) is 36.2 Å². The first kappa shape index (κ1) is 25.5. The van der Waals surface area contributed by atoms with Crippen molar-refractivity contribution in [2.24, 2.45) is 5.92 Å². The summed E-state index contributed by atoms with van der Waals surface area (Å²) in [6, 6.07) is 13.1. The Bertz CT molecular complexity index is 1120. The summed E-state index contributed by atoms with van der Waals surface area (Å²) in [4.78, 5) is 15.3. The standard InChI is InChI=1S/C25H31Cl2N3O3S/c26-23-9-8-22(24(27)14-23)18-34(32,33)30-12-4-7-21(17-30)25(31)28-15-19-5-3-6-20(13-19)16-29-10-1-2-11-29/h3,5-6,8-9,13-14,21H,1-2,4,7,10-12,15-18H2,(H,28,31)/t21-/m1/s1. The molecule has 2 aliphatic heterocycles. The summed E-state index contributed by atoms with van der Waals surface area (Å²) in [7, 11) is -3.60. The number of carbonyl (C=O) groups excluding carboxylic acids is 1. The van der Waals surface area contributed by atoms with E-state index in [-0.39, 0.29) is 24.1 Å². The fourth-order valence-corrected chi connectivity index (χ4v) is 6.90. The smallest absolute Gasteiger partial charge is 0.224 e. The van der Waals surface area contributed by atoms with Crippen molar-refractivity contribution in [2.45, 2.75) is 44.5 Å². The van der Waals surface area contributed by atoms with Gasteiger partial charge in [-0.1, -0.05) is 53.5 Å². The monoisotopic (exact) mass is 523 g/mol. The van der Waals surface area contributed by atoms with Crippen LogP contribution < -0.4 is 5.32 Å². The molecule has 4 rings (SSSR count). The second-order valence-corrected chi connectivity index (χ2v) is 12.0. The average Bonchev–Trinajstić information content (AvgIpc) is 3.33. The molecule has 2 saturated heterocycles. The van der Waals surface area contributed by atoms with E-state index in [2.05, 4.69) is 22.3 Å². The van der Waals surface area contributed by atoms with Gasteiger partial charge in [-0.3, -0.25) is 9.69 Å². The lowest BCUT2D eigenvalue weighted by molar-refractivity contribution is -0.126. The van der Waals surface area contributed by atoms with Crippen LogP contribution in [0.4, 0.5) is 0 Å². The van der Waals surface area contributed by atoms with E-state index in [0.717, 1.165) is 25.2 Å². The molecule has 1 amide bonds. The molecule has 0 saturated carbocycles. The minimum absolute atomic E-state index is 0.102. The van der Waals surface area contributed by atoms with Gasteiger partial charge in [0.05, 0.1) is 11.7 Å². The number of amides is 1. The van der Waals surface area contributed by atoms with E-state index >= 15 is 0 Å². The number of nitrogens with one attached hydrogen (secondary N) is 1. The Balaban J connectivity index is 1.32. The first-order chi connectivity index (χ1) is 16.3. The zero-order chi connectivity index (χ0) is 24.1. The molecular formula is C25H31Cl2N3O3S. The van der Waals surface area contributed by atoms with E-state index in [9.17, 15) is 13.2 Å². The van der Waals surface area contributed by atoms with Crippen molar-refractivity contribution in [1.82, 2.24) is 14.5 Å². The summed E-state index contributed by atoms with van der Waals surface area (Å²) < 4.78 is 27.5.